The molecule has 76 valence electrons. The van der Waals surface area contributed by atoms with Gasteiger partial charge in [-0.1, -0.05) is 0 Å². The first-order valence-corrected chi connectivity index (χ1v) is 4.89. The molecule has 0 saturated carbocycles. The molecule has 0 fully saturated rings. The molecule has 15 heavy (non-hydrogen) atoms. The smallest absolute Gasteiger partial charge is 0.178 e. The van der Waals surface area contributed by atoms with E-state index in [1.54, 1.807) is 12.4 Å². The molecule has 0 spiro atoms. The summed E-state index contributed by atoms with van der Waals surface area (Å²) >= 11 is 0. The van der Waals surface area contributed by atoms with Crippen molar-refractivity contribution in [2.24, 2.45) is 0 Å². The minimum atomic E-state index is 0.684. The Labute approximate surface area is 89.2 Å². The Balaban J connectivity index is 2.45. The van der Waals surface area contributed by atoms with Crippen LogP contribution in [-0.4, -0.2) is 15.0 Å². The summed E-state index contributed by atoms with van der Waals surface area (Å²) in [6.45, 7) is 6.08. The van der Waals surface area contributed by atoms with Gasteiger partial charge in [0.15, 0.2) is 5.82 Å². The van der Waals surface area contributed by atoms with E-state index in [1.807, 2.05) is 26.1 Å². The van der Waals surface area contributed by atoms with Crippen LogP contribution >= 0.6 is 0 Å². The Hall–Kier alpha value is -1.77. The molecule has 2 aromatic rings. The maximum Gasteiger partial charge on any atom is 0.178 e. The standard InChI is InChI=1S/C12H13N3/c1-8-5-14-12(15-6-8)11-4-9(2)10(3)7-13-11/h4-7H,1-3H3. The van der Waals surface area contributed by atoms with E-state index in [9.17, 15) is 0 Å². The summed E-state index contributed by atoms with van der Waals surface area (Å²) < 4.78 is 0. The highest BCUT2D eigenvalue weighted by Gasteiger charge is 2.03. The van der Waals surface area contributed by atoms with Crippen LogP contribution in [0.5, 0.6) is 0 Å². The number of rotatable bonds is 1. The SMILES string of the molecule is Cc1cnc(-c2cc(C)c(C)cn2)nc1. The molecule has 0 atom stereocenters. The van der Waals surface area contributed by atoms with Gasteiger partial charge in [0.25, 0.3) is 0 Å². The molecule has 0 aromatic carbocycles. The van der Waals surface area contributed by atoms with Crippen LogP contribution in [0.25, 0.3) is 11.5 Å². The molecule has 3 heteroatoms. The molecule has 0 aliphatic heterocycles. The van der Waals surface area contributed by atoms with Crippen LogP contribution in [0.15, 0.2) is 24.7 Å². The highest BCUT2D eigenvalue weighted by atomic mass is 14.9. The molecule has 3 nitrogen and oxygen atoms in total. The third-order valence-electron chi connectivity index (χ3n) is 2.38. The Morgan fingerprint density at radius 3 is 2.07 bits per heavy atom. The van der Waals surface area contributed by atoms with Gasteiger partial charge in [0, 0.05) is 18.6 Å². The molecular weight excluding hydrogens is 186 g/mol. The number of aromatic nitrogens is 3. The minimum absolute atomic E-state index is 0.684. The van der Waals surface area contributed by atoms with Gasteiger partial charge in [0.05, 0.1) is 0 Å². The molecule has 2 heterocycles. The molecule has 0 amide bonds. The zero-order valence-corrected chi connectivity index (χ0v) is 9.15. The van der Waals surface area contributed by atoms with Crippen molar-refractivity contribution in [3.63, 3.8) is 0 Å². The van der Waals surface area contributed by atoms with E-state index in [4.69, 9.17) is 0 Å². The second kappa shape index (κ2) is 3.77. The molecule has 0 saturated heterocycles. The van der Waals surface area contributed by atoms with Crippen molar-refractivity contribution in [1.82, 2.24) is 15.0 Å². The Kier molecular flexibility index (Phi) is 2.46. The fraction of sp³-hybridized carbons (Fsp3) is 0.250. The van der Waals surface area contributed by atoms with E-state index >= 15 is 0 Å². The number of aryl methyl sites for hydroxylation is 3. The third kappa shape index (κ3) is 2.01. The lowest BCUT2D eigenvalue weighted by Gasteiger charge is -2.02. The largest absolute Gasteiger partial charge is 0.253 e. The zero-order chi connectivity index (χ0) is 10.8. The maximum atomic E-state index is 4.31. The van der Waals surface area contributed by atoms with Crippen LogP contribution in [0, 0.1) is 20.8 Å². The van der Waals surface area contributed by atoms with E-state index in [2.05, 4.69) is 21.9 Å². The van der Waals surface area contributed by atoms with Gasteiger partial charge in [-0.3, -0.25) is 4.98 Å². The molecule has 2 aromatic heterocycles. The number of hydrogen-bond acceptors (Lipinski definition) is 3. The van der Waals surface area contributed by atoms with Crippen LogP contribution in [0.4, 0.5) is 0 Å². The highest BCUT2D eigenvalue weighted by Crippen LogP contribution is 2.14. The lowest BCUT2D eigenvalue weighted by molar-refractivity contribution is 1.10. The van der Waals surface area contributed by atoms with Gasteiger partial charge in [0.1, 0.15) is 5.69 Å². The molecular formula is C12H13N3. The topological polar surface area (TPSA) is 38.7 Å². The number of hydrogen-bond donors (Lipinski definition) is 0. The van der Waals surface area contributed by atoms with Gasteiger partial charge in [-0.2, -0.15) is 0 Å². The maximum absolute atomic E-state index is 4.31. The second-order valence-electron chi connectivity index (χ2n) is 3.74. The molecule has 0 aliphatic rings. The van der Waals surface area contributed by atoms with Gasteiger partial charge in [-0.25, -0.2) is 9.97 Å². The Bertz CT molecular complexity index is 475. The second-order valence-corrected chi connectivity index (χ2v) is 3.74. The average molecular weight is 199 g/mol. The summed E-state index contributed by atoms with van der Waals surface area (Å²) in [4.78, 5) is 12.8. The molecule has 0 radical (unpaired) electrons. The zero-order valence-electron chi connectivity index (χ0n) is 9.15. The summed E-state index contributed by atoms with van der Waals surface area (Å²) in [7, 11) is 0. The van der Waals surface area contributed by atoms with Crippen molar-refractivity contribution in [2.75, 3.05) is 0 Å². The molecule has 0 unspecified atom stereocenters. The van der Waals surface area contributed by atoms with Crippen LogP contribution in [0.1, 0.15) is 16.7 Å². The summed E-state index contributed by atoms with van der Waals surface area (Å²) in [5.41, 5.74) is 4.29. The lowest BCUT2D eigenvalue weighted by atomic mass is 10.1. The van der Waals surface area contributed by atoms with E-state index < -0.39 is 0 Å². The summed E-state index contributed by atoms with van der Waals surface area (Å²) in [6, 6.07) is 2.01. The third-order valence-corrected chi connectivity index (χ3v) is 2.38. The van der Waals surface area contributed by atoms with Gasteiger partial charge < -0.3 is 0 Å². The van der Waals surface area contributed by atoms with E-state index in [-0.39, 0.29) is 0 Å². The fourth-order valence-electron chi connectivity index (χ4n) is 1.27. The van der Waals surface area contributed by atoms with Gasteiger partial charge >= 0.3 is 0 Å². The number of pyridine rings is 1. The Morgan fingerprint density at radius 2 is 1.47 bits per heavy atom. The average Bonchev–Trinajstić information content (AvgIpc) is 2.23. The molecule has 0 aliphatic carbocycles. The van der Waals surface area contributed by atoms with Gasteiger partial charge in [-0.15, -0.1) is 0 Å². The van der Waals surface area contributed by atoms with Gasteiger partial charge in [-0.05, 0) is 43.5 Å². The highest BCUT2D eigenvalue weighted by molar-refractivity contribution is 5.50. The van der Waals surface area contributed by atoms with Crippen molar-refractivity contribution in [3.8, 4) is 11.5 Å². The summed E-state index contributed by atoms with van der Waals surface area (Å²) in [5, 5.41) is 0. The normalized spacial score (nSPS) is 10.3. The summed E-state index contributed by atoms with van der Waals surface area (Å²) in [5.74, 6) is 0.684. The predicted molar refractivity (Wildman–Crippen MR) is 59.5 cm³/mol. The monoisotopic (exact) mass is 199 g/mol. The number of nitrogens with zero attached hydrogens (tertiary/aromatic N) is 3. The quantitative estimate of drug-likeness (QED) is 0.708. The van der Waals surface area contributed by atoms with Crippen LogP contribution in [-0.2, 0) is 0 Å². The van der Waals surface area contributed by atoms with Crippen molar-refractivity contribution >= 4 is 0 Å². The van der Waals surface area contributed by atoms with Crippen molar-refractivity contribution < 1.29 is 0 Å². The first-order chi connectivity index (χ1) is 7.16. The minimum Gasteiger partial charge on any atom is -0.253 e. The Morgan fingerprint density at radius 1 is 0.800 bits per heavy atom. The molecule has 2 rings (SSSR count). The van der Waals surface area contributed by atoms with Crippen molar-refractivity contribution in [1.29, 1.82) is 0 Å². The van der Waals surface area contributed by atoms with Crippen LogP contribution in [0.2, 0.25) is 0 Å². The molecule has 0 N–H and O–H groups in total. The van der Waals surface area contributed by atoms with Crippen LogP contribution < -0.4 is 0 Å². The molecule has 0 bridgehead atoms. The van der Waals surface area contributed by atoms with E-state index in [1.165, 1.54) is 11.1 Å². The van der Waals surface area contributed by atoms with Crippen LogP contribution in [0.3, 0.4) is 0 Å². The van der Waals surface area contributed by atoms with Crippen molar-refractivity contribution in [2.45, 2.75) is 20.8 Å². The lowest BCUT2D eigenvalue weighted by Crippen LogP contribution is -1.93. The van der Waals surface area contributed by atoms with E-state index in [0.29, 0.717) is 5.82 Å². The van der Waals surface area contributed by atoms with E-state index in [0.717, 1.165) is 11.3 Å². The fourth-order valence-corrected chi connectivity index (χ4v) is 1.27. The first kappa shape index (κ1) is 9.77. The first-order valence-electron chi connectivity index (χ1n) is 4.89. The predicted octanol–water partition coefficient (Wildman–Crippen LogP) is 2.46. The van der Waals surface area contributed by atoms with Crippen molar-refractivity contribution in [3.05, 3.63) is 41.3 Å². The van der Waals surface area contributed by atoms with Gasteiger partial charge in [0.2, 0.25) is 0 Å². The summed E-state index contributed by atoms with van der Waals surface area (Å²) in [6.07, 6.45) is 5.46.